The standard InChI is InChI=1S/C17H19ClN2O3/c1-17(2,3)23-16(22)20-9-4-6-11-10-13(18)12-7-5-8-19-14(12)15(11)21/h4-8,10,21H,9H2,1-3H3,(H,20,22). The number of aromatic hydroxyl groups is 1. The van der Waals surface area contributed by atoms with Crippen LogP contribution in [0.3, 0.4) is 0 Å². The van der Waals surface area contributed by atoms with Gasteiger partial charge in [0.05, 0.1) is 5.02 Å². The fraction of sp³-hybridized carbons (Fsp3) is 0.294. The number of phenols is 1. The van der Waals surface area contributed by atoms with Crippen LogP contribution < -0.4 is 5.32 Å². The lowest BCUT2D eigenvalue weighted by atomic mass is 10.1. The summed E-state index contributed by atoms with van der Waals surface area (Å²) in [5, 5.41) is 14.0. The lowest BCUT2D eigenvalue weighted by Gasteiger charge is -2.19. The van der Waals surface area contributed by atoms with Crippen LogP contribution in [0.25, 0.3) is 17.0 Å². The number of aromatic nitrogens is 1. The Kier molecular flexibility index (Phi) is 5.11. The minimum atomic E-state index is -0.538. The lowest BCUT2D eigenvalue weighted by Crippen LogP contribution is -2.32. The maximum atomic E-state index is 11.5. The highest BCUT2D eigenvalue weighted by atomic mass is 35.5. The first-order chi connectivity index (χ1) is 10.8. The number of nitrogens with zero attached hydrogens (tertiary/aromatic N) is 1. The molecule has 0 radical (unpaired) electrons. The van der Waals surface area contributed by atoms with Crippen LogP contribution in [0, 0.1) is 0 Å². The summed E-state index contributed by atoms with van der Waals surface area (Å²) < 4.78 is 5.13. The van der Waals surface area contributed by atoms with Crippen LogP contribution in [0.15, 0.2) is 30.5 Å². The maximum absolute atomic E-state index is 11.5. The van der Waals surface area contributed by atoms with Gasteiger partial charge in [0, 0.05) is 23.7 Å². The third-order valence-electron chi connectivity index (χ3n) is 2.91. The predicted octanol–water partition coefficient (Wildman–Crippen LogP) is 4.13. The lowest BCUT2D eigenvalue weighted by molar-refractivity contribution is 0.0534. The number of rotatable bonds is 3. The normalized spacial score (nSPS) is 11.8. The number of hydrogen-bond donors (Lipinski definition) is 2. The Morgan fingerprint density at radius 3 is 2.91 bits per heavy atom. The molecule has 0 spiro atoms. The molecule has 23 heavy (non-hydrogen) atoms. The van der Waals surface area contributed by atoms with Crippen molar-refractivity contribution < 1.29 is 14.6 Å². The summed E-state index contributed by atoms with van der Waals surface area (Å²) in [6, 6.07) is 5.21. The summed E-state index contributed by atoms with van der Waals surface area (Å²) in [6.45, 7) is 5.66. The number of carbonyl (C=O) groups excluding carboxylic acids is 1. The van der Waals surface area contributed by atoms with Crippen molar-refractivity contribution in [3.63, 3.8) is 0 Å². The van der Waals surface area contributed by atoms with Gasteiger partial charge in [0.2, 0.25) is 0 Å². The van der Waals surface area contributed by atoms with Gasteiger partial charge < -0.3 is 15.2 Å². The Morgan fingerprint density at radius 2 is 2.22 bits per heavy atom. The van der Waals surface area contributed by atoms with E-state index in [0.29, 0.717) is 21.5 Å². The van der Waals surface area contributed by atoms with Gasteiger partial charge in [-0.15, -0.1) is 0 Å². The van der Waals surface area contributed by atoms with Crippen molar-refractivity contribution in [1.29, 1.82) is 0 Å². The van der Waals surface area contributed by atoms with Gasteiger partial charge >= 0.3 is 6.09 Å². The molecular formula is C17H19ClN2O3. The van der Waals surface area contributed by atoms with Crippen molar-refractivity contribution in [2.24, 2.45) is 0 Å². The molecule has 1 amide bonds. The van der Waals surface area contributed by atoms with Crippen molar-refractivity contribution in [3.05, 3.63) is 41.1 Å². The number of benzene rings is 1. The van der Waals surface area contributed by atoms with Gasteiger partial charge in [-0.25, -0.2) is 4.79 Å². The molecule has 2 rings (SSSR count). The number of nitrogens with one attached hydrogen (secondary N) is 1. The van der Waals surface area contributed by atoms with E-state index in [1.54, 1.807) is 57.3 Å². The molecule has 0 aliphatic heterocycles. The van der Waals surface area contributed by atoms with Crippen molar-refractivity contribution in [2.75, 3.05) is 6.54 Å². The second kappa shape index (κ2) is 6.87. The molecule has 1 heterocycles. The monoisotopic (exact) mass is 334 g/mol. The molecular weight excluding hydrogens is 316 g/mol. The first-order valence-electron chi connectivity index (χ1n) is 7.17. The minimum absolute atomic E-state index is 0.0542. The molecule has 122 valence electrons. The maximum Gasteiger partial charge on any atom is 0.407 e. The van der Waals surface area contributed by atoms with Gasteiger partial charge in [0.1, 0.15) is 16.9 Å². The van der Waals surface area contributed by atoms with Gasteiger partial charge in [-0.05, 0) is 39.0 Å². The third kappa shape index (κ3) is 4.60. The Morgan fingerprint density at radius 1 is 1.48 bits per heavy atom. The summed E-state index contributed by atoms with van der Waals surface area (Å²) in [5.41, 5.74) is 0.441. The topological polar surface area (TPSA) is 71.5 Å². The molecule has 0 fully saturated rings. The van der Waals surface area contributed by atoms with Crippen LogP contribution in [0.1, 0.15) is 26.3 Å². The summed E-state index contributed by atoms with van der Waals surface area (Å²) in [4.78, 5) is 15.7. The highest BCUT2D eigenvalue weighted by Crippen LogP contribution is 2.33. The van der Waals surface area contributed by atoms with Crippen LogP contribution in [-0.4, -0.2) is 28.3 Å². The second-order valence-electron chi connectivity index (χ2n) is 5.98. The van der Waals surface area contributed by atoms with E-state index in [1.807, 2.05) is 0 Å². The van der Waals surface area contributed by atoms with Crippen LogP contribution in [0.4, 0.5) is 4.79 Å². The summed E-state index contributed by atoms with van der Waals surface area (Å²) in [7, 11) is 0. The summed E-state index contributed by atoms with van der Waals surface area (Å²) in [6.07, 6.45) is 4.47. The molecule has 0 aliphatic rings. The molecule has 0 atom stereocenters. The first-order valence-corrected chi connectivity index (χ1v) is 7.55. The van der Waals surface area contributed by atoms with Crippen molar-refractivity contribution in [3.8, 4) is 5.75 Å². The van der Waals surface area contributed by atoms with E-state index in [9.17, 15) is 9.90 Å². The SMILES string of the molecule is CC(C)(C)OC(=O)NCC=Cc1cc(Cl)c2cccnc2c1O. The van der Waals surface area contributed by atoms with Crippen LogP contribution in [0.2, 0.25) is 5.02 Å². The van der Waals surface area contributed by atoms with E-state index >= 15 is 0 Å². The minimum Gasteiger partial charge on any atom is -0.505 e. The highest BCUT2D eigenvalue weighted by Gasteiger charge is 2.15. The van der Waals surface area contributed by atoms with E-state index in [2.05, 4.69) is 10.3 Å². The Labute approximate surface area is 139 Å². The number of halogens is 1. The third-order valence-corrected chi connectivity index (χ3v) is 3.22. The van der Waals surface area contributed by atoms with Crippen LogP contribution >= 0.6 is 11.6 Å². The molecule has 0 saturated heterocycles. The molecule has 2 aromatic rings. The molecule has 1 aromatic heterocycles. The zero-order chi connectivity index (χ0) is 17.0. The molecule has 5 nitrogen and oxygen atoms in total. The van der Waals surface area contributed by atoms with Gasteiger partial charge in [-0.2, -0.15) is 0 Å². The zero-order valence-corrected chi connectivity index (χ0v) is 14.0. The number of carbonyl (C=O) groups is 1. The summed E-state index contributed by atoms with van der Waals surface area (Å²) in [5.74, 6) is 0.0542. The van der Waals surface area contributed by atoms with E-state index in [4.69, 9.17) is 16.3 Å². The van der Waals surface area contributed by atoms with E-state index in [-0.39, 0.29) is 12.3 Å². The number of phenolic OH excluding ortho intramolecular Hbond substituents is 1. The molecule has 0 aliphatic carbocycles. The van der Waals surface area contributed by atoms with Crippen molar-refractivity contribution in [1.82, 2.24) is 10.3 Å². The van der Waals surface area contributed by atoms with E-state index in [0.717, 1.165) is 0 Å². The fourth-order valence-electron chi connectivity index (χ4n) is 1.98. The van der Waals surface area contributed by atoms with Gasteiger partial charge in [0.25, 0.3) is 0 Å². The molecule has 0 saturated carbocycles. The van der Waals surface area contributed by atoms with Crippen molar-refractivity contribution >= 4 is 34.7 Å². The Balaban J connectivity index is 2.07. The number of amides is 1. The largest absolute Gasteiger partial charge is 0.505 e. The van der Waals surface area contributed by atoms with Gasteiger partial charge in [-0.3, -0.25) is 4.98 Å². The predicted molar refractivity (Wildman–Crippen MR) is 91.7 cm³/mol. The molecule has 0 unspecified atom stereocenters. The molecule has 0 bridgehead atoms. The smallest absolute Gasteiger partial charge is 0.407 e. The Bertz CT molecular complexity index is 751. The van der Waals surface area contributed by atoms with Crippen molar-refractivity contribution in [2.45, 2.75) is 26.4 Å². The number of fused-ring (bicyclic) bond motifs is 1. The quantitative estimate of drug-likeness (QED) is 0.885. The fourth-order valence-corrected chi connectivity index (χ4v) is 2.25. The van der Waals surface area contributed by atoms with Crippen LogP contribution in [-0.2, 0) is 4.74 Å². The average molecular weight is 335 g/mol. The summed E-state index contributed by atoms with van der Waals surface area (Å²) >= 11 is 6.20. The average Bonchev–Trinajstić information content (AvgIpc) is 2.46. The number of alkyl carbamates (subject to hydrolysis) is 1. The Hall–Kier alpha value is -2.27. The molecule has 2 N–H and O–H groups in total. The molecule has 1 aromatic carbocycles. The number of hydrogen-bond acceptors (Lipinski definition) is 4. The van der Waals surface area contributed by atoms with Gasteiger partial charge in [0.15, 0.2) is 0 Å². The van der Waals surface area contributed by atoms with Gasteiger partial charge in [-0.1, -0.05) is 23.8 Å². The first kappa shape index (κ1) is 17.1. The zero-order valence-electron chi connectivity index (χ0n) is 13.3. The van der Waals surface area contributed by atoms with E-state index in [1.165, 1.54) is 0 Å². The molecule has 6 heteroatoms. The number of pyridine rings is 1. The number of ether oxygens (including phenoxy) is 1. The van der Waals surface area contributed by atoms with Crippen LogP contribution in [0.5, 0.6) is 5.75 Å². The van der Waals surface area contributed by atoms with E-state index < -0.39 is 11.7 Å². The second-order valence-corrected chi connectivity index (χ2v) is 6.39. The highest BCUT2D eigenvalue weighted by molar-refractivity contribution is 6.35.